The van der Waals surface area contributed by atoms with Gasteiger partial charge in [0.1, 0.15) is 0 Å². The Labute approximate surface area is 111 Å². The normalized spacial score (nSPS) is 11.1. The van der Waals surface area contributed by atoms with Crippen LogP contribution in [0.25, 0.3) is 21.7 Å². The summed E-state index contributed by atoms with van der Waals surface area (Å²) in [5, 5.41) is 3.70. The second-order valence-corrected chi connectivity index (χ2v) is 4.65. The van der Waals surface area contributed by atoms with Crippen molar-refractivity contribution >= 4 is 32.1 Å². The Morgan fingerprint density at radius 1 is 1.00 bits per heavy atom. The first-order chi connectivity index (χ1) is 8.95. The molecule has 98 valence electrons. The van der Waals surface area contributed by atoms with E-state index >= 15 is 0 Å². The zero-order valence-corrected chi connectivity index (χ0v) is 10.5. The number of benzene rings is 2. The van der Waals surface area contributed by atoms with Gasteiger partial charge in [-0.1, -0.05) is 42.5 Å². The van der Waals surface area contributed by atoms with Gasteiger partial charge in [-0.15, -0.1) is 0 Å². The van der Waals surface area contributed by atoms with E-state index in [1.165, 1.54) is 16.2 Å². The number of nitrogens with zero attached hydrogens (tertiary/aromatic N) is 1. The summed E-state index contributed by atoms with van der Waals surface area (Å²) in [5.74, 6) is 0. The molecule has 19 heavy (non-hydrogen) atoms. The molecule has 6 heteroatoms. The summed E-state index contributed by atoms with van der Waals surface area (Å²) in [6.07, 6.45) is 1.93. The summed E-state index contributed by atoms with van der Waals surface area (Å²) in [5.41, 5.74) is 1.06. The summed E-state index contributed by atoms with van der Waals surface area (Å²) in [7, 11) is -4.92. The summed E-state index contributed by atoms with van der Waals surface area (Å²) in [6.45, 7) is 0. The molecule has 1 aromatic heterocycles. The van der Waals surface area contributed by atoms with E-state index in [0.29, 0.717) is 0 Å². The number of rotatable bonds is 0. The average molecular weight is 277 g/mol. The minimum atomic E-state index is -4.92. The van der Waals surface area contributed by atoms with Crippen molar-refractivity contribution in [3.8, 4) is 0 Å². The lowest BCUT2D eigenvalue weighted by Crippen LogP contribution is -1.90. The minimum absolute atomic E-state index is 0. The van der Waals surface area contributed by atoms with Gasteiger partial charge in [0.05, 0.1) is 5.52 Å². The predicted molar refractivity (Wildman–Crippen MR) is 72.7 cm³/mol. The molecule has 0 saturated carbocycles. The molecule has 0 saturated heterocycles. The van der Waals surface area contributed by atoms with Gasteiger partial charge < -0.3 is 4.55 Å². The second-order valence-electron chi connectivity index (χ2n) is 3.79. The first kappa shape index (κ1) is 13.4. The highest BCUT2D eigenvalue weighted by Crippen LogP contribution is 2.22. The fourth-order valence-corrected chi connectivity index (χ4v) is 1.81. The molecule has 1 N–H and O–H groups in total. The van der Waals surface area contributed by atoms with E-state index in [1.807, 2.05) is 24.4 Å². The Hall–Kier alpha value is -2.02. The van der Waals surface area contributed by atoms with Crippen LogP contribution in [-0.2, 0) is 10.4 Å². The van der Waals surface area contributed by atoms with Gasteiger partial charge in [-0.3, -0.25) is 9.54 Å². The fourth-order valence-electron chi connectivity index (χ4n) is 1.81. The minimum Gasteiger partial charge on any atom is -0.726 e. The maximum Gasteiger partial charge on any atom is 1.00 e. The van der Waals surface area contributed by atoms with Crippen LogP contribution in [0.2, 0.25) is 0 Å². The number of para-hydroxylation sites is 1. The number of hydrogen-bond donors (Lipinski definition) is 1. The quantitative estimate of drug-likeness (QED) is 0.387. The lowest BCUT2D eigenvalue weighted by Gasteiger charge is -2.01. The van der Waals surface area contributed by atoms with E-state index in [4.69, 9.17) is 17.5 Å². The molecule has 0 unspecified atom stereocenters. The van der Waals surface area contributed by atoms with E-state index in [9.17, 15) is 0 Å². The Bertz CT molecular complexity index is 758. The van der Waals surface area contributed by atoms with Crippen LogP contribution in [0.1, 0.15) is 1.43 Å². The first-order valence-corrected chi connectivity index (χ1v) is 6.72. The van der Waals surface area contributed by atoms with Crippen LogP contribution in [0.5, 0.6) is 0 Å². The Morgan fingerprint density at radius 2 is 1.53 bits per heavy atom. The molecule has 0 amide bonds. The summed E-state index contributed by atoms with van der Waals surface area (Å²) >= 11 is 0. The average Bonchev–Trinajstić information content (AvgIpc) is 2.37. The van der Waals surface area contributed by atoms with Crippen LogP contribution in [0, 0.1) is 0 Å². The van der Waals surface area contributed by atoms with E-state index < -0.39 is 10.4 Å². The van der Waals surface area contributed by atoms with Crippen molar-refractivity contribution < 1.29 is 18.9 Å². The molecule has 0 aliphatic carbocycles. The maximum atomic E-state index is 8.63. The molecule has 5 nitrogen and oxygen atoms in total. The number of hydrogen-bond acceptors (Lipinski definition) is 4. The molecule has 3 rings (SSSR count). The third-order valence-corrected chi connectivity index (χ3v) is 2.50. The van der Waals surface area contributed by atoms with Crippen LogP contribution >= 0.6 is 0 Å². The number of fused-ring (bicyclic) bond motifs is 3. The van der Waals surface area contributed by atoms with Gasteiger partial charge in [-0.2, -0.15) is 0 Å². The standard InChI is InChI=1S/C13H9N.H2O4S/c1-2-6-11-10(5-1)9-14-13-8-4-3-7-12(11)13;1-5(2,3)4/h1-9H;(H2,1,2,3,4). The Balaban J connectivity index is 0.000000293. The van der Waals surface area contributed by atoms with Gasteiger partial charge >= 0.3 is 1.43 Å². The lowest BCUT2D eigenvalue weighted by atomic mass is 10.1. The van der Waals surface area contributed by atoms with Crippen molar-refractivity contribution in [3.05, 3.63) is 54.7 Å². The number of aromatic nitrogens is 1. The smallest absolute Gasteiger partial charge is 0.726 e. The summed E-state index contributed by atoms with van der Waals surface area (Å²) < 4.78 is 32.8. The zero-order valence-electron chi connectivity index (χ0n) is 10.7. The van der Waals surface area contributed by atoms with E-state index in [0.717, 1.165) is 5.52 Å². The molecular formula is C13H11NO4S. The van der Waals surface area contributed by atoms with E-state index in [1.54, 1.807) is 0 Å². The third kappa shape index (κ3) is 3.72. The van der Waals surface area contributed by atoms with Gasteiger partial charge in [-0.25, -0.2) is 8.42 Å². The topological polar surface area (TPSA) is 90.3 Å². The number of pyridine rings is 1. The van der Waals surface area contributed by atoms with Crippen LogP contribution in [0.3, 0.4) is 0 Å². The van der Waals surface area contributed by atoms with Crippen molar-refractivity contribution in [2.24, 2.45) is 0 Å². The monoisotopic (exact) mass is 277 g/mol. The largest absolute Gasteiger partial charge is 1.00 e. The molecule has 0 spiro atoms. The Morgan fingerprint density at radius 3 is 2.21 bits per heavy atom. The predicted octanol–water partition coefficient (Wildman–Crippen LogP) is 2.51. The van der Waals surface area contributed by atoms with Gasteiger partial charge in [0.15, 0.2) is 0 Å². The molecule has 0 fully saturated rings. The van der Waals surface area contributed by atoms with Crippen molar-refractivity contribution in [1.29, 1.82) is 0 Å². The van der Waals surface area contributed by atoms with Crippen LogP contribution in [0.15, 0.2) is 54.7 Å². The van der Waals surface area contributed by atoms with E-state index in [-0.39, 0.29) is 1.43 Å². The van der Waals surface area contributed by atoms with Gasteiger partial charge in [0.2, 0.25) is 10.4 Å². The van der Waals surface area contributed by atoms with Gasteiger partial charge in [0, 0.05) is 17.0 Å². The molecule has 0 aliphatic rings. The Kier molecular flexibility index (Phi) is 3.75. The second kappa shape index (κ2) is 5.31. The van der Waals surface area contributed by atoms with Crippen LogP contribution in [-0.4, -0.2) is 22.5 Å². The molecule has 1 heterocycles. The maximum absolute atomic E-state index is 8.63. The molecule has 0 atom stereocenters. The third-order valence-electron chi connectivity index (χ3n) is 2.50. The molecular weight excluding hydrogens is 266 g/mol. The van der Waals surface area contributed by atoms with Crippen LogP contribution in [0.4, 0.5) is 0 Å². The molecule has 2 aromatic carbocycles. The fraction of sp³-hybridized carbons (Fsp3) is 0. The molecule has 0 bridgehead atoms. The van der Waals surface area contributed by atoms with E-state index in [2.05, 4.69) is 35.3 Å². The van der Waals surface area contributed by atoms with Gasteiger partial charge in [0.25, 0.3) is 0 Å². The first-order valence-electron chi connectivity index (χ1n) is 5.36. The zero-order chi connectivity index (χ0) is 13.9. The molecule has 0 radical (unpaired) electrons. The SMILES string of the molecule is O=S(=O)([O-])O.[H+].c1ccc2c(c1)cnc1ccccc12. The summed E-state index contributed by atoms with van der Waals surface area (Å²) in [4.78, 5) is 4.41. The molecule has 0 aliphatic heterocycles. The van der Waals surface area contributed by atoms with Crippen molar-refractivity contribution in [1.82, 2.24) is 4.98 Å². The lowest BCUT2D eigenvalue weighted by molar-refractivity contribution is 0.366. The van der Waals surface area contributed by atoms with Gasteiger partial charge in [-0.05, 0) is 11.5 Å². The molecule has 3 aromatic rings. The summed E-state index contributed by atoms with van der Waals surface area (Å²) in [6, 6.07) is 16.6. The van der Waals surface area contributed by atoms with Crippen LogP contribution < -0.4 is 0 Å². The van der Waals surface area contributed by atoms with Crippen molar-refractivity contribution in [2.45, 2.75) is 0 Å². The highest BCUT2D eigenvalue weighted by atomic mass is 32.3. The van der Waals surface area contributed by atoms with Crippen molar-refractivity contribution in [2.75, 3.05) is 0 Å². The van der Waals surface area contributed by atoms with Crippen molar-refractivity contribution in [3.63, 3.8) is 0 Å². The highest BCUT2D eigenvalue weighted by Gasteiger charge is 1.98. The highest BCUT2D eigenvalue weighted by molar-refractivity contribution is 7.79.